The van der Waals surface area contributed by atoms with E-state index in [1.807, 2.05) is 4.90 Å². The molecule has 20 heavy (non-hydrogen) atoms. The lowest BCUT2D eigenvalue weighted by atomic mass is 10.2. The highest BCUT2D eigenvalue weighted by molar-refractivity contribution is 6.28. The number of aromatic nitrogens is 3. The fraction of sp³-hybridized carbons (Fsp3) is 0.636. The van der Waals surface area contributed by atoms with E-state index in [-0.39, 0.29) is 29.8 Å². The van der Waals surface area contributed by atoms with Crippen molar-refractivity contribution in [2.75, 3.05) is 38.8 Å². The molecule has 0 radical (unpaired) electrons. The number of carbonyl (C=O) groups is 1. The molecule has 1 unspecified atom stereocenters. The molecule has 0 N–H and O–H groups in total. The zero-order chi connectivity index (χ0) is 14.5. The molecule has 1 aliphatic heterocycles. The molecule has 1 saturated heterocycles. The van der Waals surface area contributed by atoms with Gasteiger partial charge in [0, 0.05) is 13.1 Å². The van der Waals surface area contributed by atoms with Gasteiger partial charge in [-0.05, 0) is 11.6 Å². The van der Waals surface area contributed by atoms with Crippen LogP contribution in [0, 0.1) is 0 Å². The van der Waals surface area contributed by atoms with Crippen molar-refractivity contribution in [2.45, 2.75) is 12.5 Å². The molecule has 1 aromatic rings. The summed E-state index contributed by atoms with van der Waals surface area (Å²) in [6.07, 6.45) is -0.0825. The third kappa shape index (κ3) is 3.67. The maximum Gasteiger partial charge on any atom is 0.322 e. The molecule has 2 rings (SSSR count). The van der Waals surface area contributed by atoms with Crippen molar-refractivity contribution >= 4 is 23.5 Å². The van der Waals surface area contributed by atoms with Gasteiger partial charge in [0.15, 0.2) is 0 Å². The summed E-state index contributed by atoms with van der Waals surface area (Å²) in [5.41, 5.74) is 0. The number of esters is 1. The van der Waals surface area contributed by atoms with Crippen LogP contribution < -0.4 is 9.64 Å². The predicted molar refractivity (Wildman–Crippen MR) is 70.0 cm³/mol. The number of hydrogen-bond donors (Lipinski definition) is 0. The van der Waals surface area contributed by atoms with Crippen LogP contribution in [0.15, 0.2) is 0 Å². The summed E-state index contributed by atoms with van der Waals surface area (Å²) >= 11 is 5.82. The Morgan fingerprint density at radius 3 is 2.95 bits per heavy atom. The van der Waals surface area contributed by atoms with Crippen LogP contribution in [-0.2, 0) is 14.3 Å². The van der Waals surface area contributed by atoms with Crippen LogP contribution in [0.5, 0.6) is 6.01 Å². The van der Waals surface area contributed by atoms with Gasteiger partial charge >= 0.3 is 12.0 Å². The second kappa shape index (κ2) is 6.67. The Labute approximate surface area is 121 Å². The zero-order valence-electron chi connectivity index (χ0n) is 11.2. The second-order valence-electron chi connectivity index (χ2n) is 4.11. The van der Waals surface area contributed by atoms with Gasteiger partial charge in [-0.25, -0.2) is 0 Å². The Morgan fingerprint density at radius 1 is 1.45 bits per heavy atom. The number of nitrogens with zero attached hydrogens (tertiary/aromatic N) is 4. The molecule has 0 amide bonds. The Morgan fingerprint density at radius 2 is 2.25 bits per heavy atom. The number of rotatable bonds is 4. The molecule has 0 bridgehead atoms. The number of halogens is 1. The van der Waals surface area contributed by atoms with Crippen LogP contribution in [0.3, 0.4) is 0 Å². The molecule has 0 aromatic carbocycles. The Hall–Kier alpha value is -1.67. The molecule has 1 fully saturated rings. The van der Waals surface area contributed by atoms with E-state index in [9.17, 15) is 4.79 Å². The average molecular weight is 303 g/mol. The van der Waals surface area contributed by atoms with E-state index in [2.05, 4.69) is 19.7 Å². The molecule has 9 heteroatoms. The van der Waals surface area contributed by atoms with Crippen LogP contribution in [0.4, 0.5) is 5.95 Å². The number of anilines is 1. The van der Waals surface area contributed by atoms with Crippen LogP contribution in [0.1, 0.15) is 6.42 Å². The average Bonchev–Trinajstić information content (AvgIpc) is 2.46. The van der Waals surface area contributed by atoms with E-state index in [0.29, 0.717) is 25.6 Å². The Bertz CT molecular complexity index is 487. The second-order valence-corrected chi connectivity index (χ2v) is 4.45. The van der Waals surface area contributed by atoms with E-state index in [4.69, 9.17) is 21.1 Å². The van der Waals surface area contributed by atoms with E-state index in [0.717, 1.165) is 0 Å². The number of ether oxygens (including phenoxy) is 3. The minimum Gasteiger partial charge on any atom is -0.469 e. The number of methoxy groups -OCH3 is 2. The normalized spacial score (nSPS) is 18.8. The molecule has 8 nitrogen and oxygen atoms in total. The smallest absolute Gasteiger partial charge is 0.322 e. The molecule has 1 aromatic heterocycles. The van der Waals surface area contributed by atoms with Crippen molar-refractivity contribution in [1.82, 2.24) is 15.0 Å². The number of hydrogen-bond acceptors (Lipinski definition) is 8. The minimum atomic E-state index is -0.317. The van der Waals surface area contributed by atoms with Gasteiger partial charge in [0.25, 0.3) is 0 Å². The van der Waals surface area contributed by atoms with Gasteiger partial charge in [0.1, 0.15) is 0 Å². The van der Waals surface area contributed by atoms with Gasteiger partial charge in [-0.1, -0.05) is 0 Å². The molecule has 0 aliphatic carbocycles. The first-order valence-electron chi connectivity index (χ1n) is 6.01. The highest BCUT2D eigenvalue weighted by Gasteiger charge is 2.25. The van der Waals surface area contributed by atoms with Gasteiger partial charge in [-0.2, -0.15) is 15.0 Å². The largest absolute Gasteiger partial charge is 0.469 e. The van der Waals surface area contributed by atoms with Crippen molar-refractivity contribution in [1.29, 1.82) is 0 Å². The Balaban J connectivity index is 2.08. The molecule has 0 saturated carbocycles. The minimum absolute atomic E-state index is 0.0582. The summed E-state index contributed by atoms with van der Waals surface area (Å²) in [6.45, 7) is 1.53. The lowest BCUT2D eigenvalue weighted by Crippen LogP contribution is -2.44. The third-order valence-electron chi connectivity index (χ3n) is 2.80. The van der Waals surface area contributed by atoms with Gasteiger partial charge < -0.3 is 19.1 Å². The van der Waals surface area contributed by atoms with Gasteiger partial charge in [0.05, 0.1) is 33.4 Å². The number of morpholine rings is 1. The molecule has 1 aliphatic rings. The van der Waals surface area contributed by atoms with Crippen LogP contribution in [0.25, 0.3) is 0 Å². The Kier molecular flexibility index (Phi) is 4.91. The first kappa shape index (κ1) is 14.7. The summed E-state index contributed by atoms with van der Waals surface area (Å²) in [7, 11) is 2.80. The molecular weight excluding hydrogens is 288 g/mol. The SMILES string of the molecule is COC(=O)CC1CN(c2nc(Cl)nc(OC)n2)CCO1. The lowest BCUT2D eigenvalue weighted by molar-refractivity contribution is -0.144. The van der Waals surface area contributed by atoms with E-state index < -0.39 is 0 Å². The quantitative estimate of drug-likeness (QED) is 0.734. The van der Waals surface area contributed by atoms with Crippen LogP contribution in [0.2, 0.25) is 5.28 Å². The fourth-order valence-corrected chi connectivity index (χ4v) is 2.00. The zero-order valence-corrected chi connectivity index (χ0v) is 12.0. The first-order valence-corrected chi connectivity index (χ1v) is 6.39. The first-order chi connectivity index (χ1) is 9.62. The van der Waals surface area contributed by atoms with Gasteiger partial charge in [-0.3, -0.25) is 4.79 Å². The van der Waals surface area contributed by atoms with Gasteiger partial charge in [0.2, 0.25) is 11.2 Å². The third-order valence-corrected chi connectivity index (χ3v) is 2.97. The highest BCUT2D eigenvalue weighted by Crippen LogP contribution is 2.18. The molecule has 2 heterocycles. The molecule has 1 atom stereocenters. The van der Waals surface area contributed by atoms with Crippen molar-refractivity contribution < 1.29 is 19.0 Å². The fourth-order valence-electron chi connectivity index (χ4n) is 1.85. The van der Waals surface area contributed by atoms with Crippen LogP contribution in [-0.4, -0.2) is 60.9 Å². The van der Waals surface area contributed by atoms with Crippen molar-refractivity contribution in [3.05, 3.63) is 5.28 Å². The summed E-state index contributed by atoms with van der Waals surface area (Å²) in [4.78, 5) is 25.2. The molecule has 0 spiro atoms. The molecule has 110 valence electrons. The summed E-state index contributed by atoms with van der Waals surface area (Å²) in [5, 5.41) is 0.0582. The standard InChI is InChI=1S/C11H15ClN4O4/c1-18-8(17)5-7-6-16(3-4-20-7)10-13-9(12)14-11(15-10)19-2/h7H,3-6H2,1-2H3. The van der Waals surface area contributed by atoms with Crippen molar-refractivity contribution in [2.24, 2.45) is 0 Å². The summed E-state index contributed by atoms with van der Waals surface area (Å²) < 4.78 is 15.1. The summed E-state index contributed by atoms with van der Waals surface area (Å²) in [5.74, 6) is 0.0862. The molecular formula is C11H15ClN4O4. The number of carbonyl (C=O) groups excluding carboxylic acids is 1. The summed E-state index contributed by atoms with van der Waals surface area (Å²) in [6, 6.07) is 0.149. The van der Waals surface area contributed by atoms with Crippen molar-refractivity contribution in [3.63, 3.8) is 0 Å². The van der Waals surface area contributed by atoms with Crippen molar-refractivity contribution in [3.8, 4) is 6.01 Å². The van der Waals surface area contributed by atoms with Gasteiger partial charge in [-0.15, -0.1) is 0 Å². The topological polar surface area (TPSA) is 86.7 Å². The van der Waals surface area contributed by atoms with E-state index >= 15 is 0 Å². The van der Waals surface area contributed by atoms with E-state index in [1.54, 1.807) is 0 Å². The van der Waals surface area contributed by atoms with E-state index in [1.165, 1.54) is 14.2 Å². The van der Waals surface area contributed by atoms with Crippen LogP contribution >= 0.6 is 11.6 Å². The monoisotopic (exact) mass is 302 g/mol. The lowest BCUT2D eigenvalue weighted by Gasteiger charge is -2.32. The predicted octanol–water partition coefficient (Wildman–Crippen LogP) is 0.302. The highest BCUT2D eigenvalue weighted by atomic mass is 35.5. The maximum absolute atomic E-state index is 11.3. The maximum atomic E-state index is 11.3.